The second-order valence-electron chi connectivity index (χ2n) is 5.95. The summed E-state index contributed by atoms with van der Waals surface area (Å²) in [6.45, 7) is 1.87. The molecule has 0 unspecified atom stereocenters. The van der Waals surface area contributed by atoms with E-state index in [0.717, 1.165) is 17.4 Å². The van der Waals surface area contributed by atoms with Crippen molar-refractivity contribution < 1.29 is 13.5 Å². The summed E-state index contributed by atoms with van der Waals surface area (Å²) in [5.74, 6) is -0.551. The summed E-state index contributed by atoms with van der Waals surface area (Å²) in [5, 5.41) is 3.60. The Morgan fingerprint density at radius 2 is 2.04 bits per heavy atom. The lowest BCUT2D eigenvalue weighted by Crippen LogP contribution is -2.65. The zero-order valence-corrected chi connectivity index (χ0v) is 13.2. The average molecular weight is 332 g/mol. The SMILES string of the molecule is C[C@@]12C[C@H](NC(=S)N1c1ccc(F)cc1F)c1ccccc1O2. The average Bonchev–Trinajstić information content (AvgIpc) is 2.48. The van der Waals surface area contributed by atoms with Gasteiger partial charge >= 0.3 is 0 Å². The molecule has 2 heterocycles. The van der Waals surface area contributed by atoms with Crippen LogP contribution in [0.5, 0.6) is 5.75 Å². The highest BCUT2D eigenvalue weighted by molar-refractivity contribution is 7.80. The van der Waals surface area contributed by atoms with Crippen molar-refractivity contribution in [2.75, 3.05) is 4.90 Å². The van der Waals surface area contributed by atoms with E-state index in [1.54, 1.807) is 4.90 Å². The minimum atomic E-state index is -0.833. The lowest BCUT2D eigenvalue weighted by atomic mass is 9.90. The van der Waals surface area contributed by atoms with Gasteiger partial charge in [-0.3, -0.25) is 4.90 Å². The standard InChI is InChI=1S/C17H14F2N2OS/c1-17-9-13(11-4-2-3-5-15(11)22-17)20-16(23)21(17)14-7-6-10(18)8-12(14)19/h2-8,13H,9H2,1H3,(H,20,23)/t13-,17+/m0/s1. The van der Waals surface area contributed by atoms with Gasteiger partial charge in [-0.25, -0.2) is 8.78 Å². The number of ether oxygens (including phenoxy) is 1. The highest BCUT2D eigenvalue weighted by Gasteiger charge is 2.48. The second-order valence-corrected chi connectivity index (χ2v) is 6.34. The molecule has 2 bridgehead atoms. The Morgan fingerprint density at radius 3 is 2.83 bits per heavy atom. The van der Waals surface area contributed by atoms with Gasteiger partial charge in [0.2, 0.25) is 0 Å². The van der Waals surface area contributed by atoms with Gasteiger partial charge in [0.1, 0.15) is 17.4 Å². The molecule has 0 radical (unpaired) electrons. The number of rotatable bonds is 1. The highest BCUT2D eigenvalue weighted by Crippen LogP contribution is 2.45. The van der Waals surface area contributed by atoms with Crippen LogP contribution in [0.15, 0.2) is 42.5 Å². The highest BCUT2D eigenvalue weighted by atomic mass is 32.1. The third-order valence-electron chi connectivity index (χ3n) is 4.33. The molecule has 4 rings (SSSR count). The molecule has 2 atom stereocenters. The number of para-hydroxylation sites is 1. The zero-order chi connectivity index (χ0) is 16.2. The van der Waals surface area contributed by atoms with Crippen molar-refractivity contribution >= 4 is 23.0 Å². The summed E-state index contributed by atoms with van der Waals surface area (Å²) >= 11 is 5.43. The molecule has 6 heteroatoms. The van der Waals surface area contributed by atoms with E-state index >= 15 is 0 Å². The molecule has 118 valence electrons. The molecule has 0 aliphatic carbocycles. The fraction of sp³-hybridized carbons (Fsp3) is 0.235. The largest absolute Gasteiger partial charge is 0.467 e. The number of hydrogen-bond acceptors (Lipinski definition) is 2. The van der Waals surface area contributed by atoms with Crippen LogP contribution in [-0.4, -0.2) is 10.8 Å². The molecule has 0 aromatic heterocycles. The number of fused-ring (bicyclic) bond motifs is 4. The lowest BCUT2D eigenvalue weighted by Gasteiger charge is -2.52. The predicted octanol–water partition coefficient (Wildman–Crippen LogP) is 3.90. The molecule has 0 amide bonds. The van der Waals surface area contributed by atoms with Crippen molar-refractivity contribution in [3.8, 4) is 5.75 Å². The first kappa shape index (κ1) is 14.4. The molecule has 1 saturated heterocycles. The van der Waals surface area contributed by atoms with Crippen molar-refractivity contribution in [3.63, 3.8) is 0 Å². The van der Waals surface area contributed by atoms with E-state index in [-0.39, 0.29) is 11.7 Å². The summed E-state index contributed by atoms with van der Waals surface area (Å²) in [6.07, 6.45) is 0.598. The van der Waals surface area contributed by atoms with E-state index < -0.39 is 17.4 Å². The second kappa shape index (κ2) is 4.89. The van der Waals surface area contributed by atoms with Crippen LogP contribution in [0.2, 0.25) is 0 Å². The summed E-state index contributed by atoms with van der Waals surface area (Å²) in [4.78, 5) is 1.59. The van der Waals surface area contributed by atoms with Crippen LogP contribution in [0.3, 0.4) is 0 Å². The molecule has 2 aliphatic rings. The first-order valence-corrected chi connectivity index (χ1v) is 7.72. The Hall–Kier alpha value is -2.21. The minimum absolute atomic E-state index is 0.0113. The molecule has 3 nitrogen and oxygen atoms in total. The summed E-state index contributed by atoms with van der Waals surface area (Å²) in [6, 6.07) is 11.2. The molecule has 1 fully saturated rings. The molecule has 1 N–H and O–H groups in total. The first-order valence-electron chi connectivity index (χ1n) is 7.32. The third-order valence-corrected chi connectivity index (χ3v) is 4.63. The number of halogens is 2. The maximum atomic E-state index is 14.3. The van der Waals surface area contributed by atoms with Gasteiger partial charge in [-0.1, -0.05) is 18.2 Å². The van der Waals surface area contributed by atoms with Gasteiger partial charge in [-0.2, -0.15) is 0 Å². The smallest absolute Gasteiger partial charge is 0.188 e. The third kappa shape index (κ3) is 2.16. The van der Waals surface area contributed by atoms with E-state index in [4.69, 9.17) is 17.0 Å². The molecule has 23 heavy (non-hydrogen) atoms. The van der Waals surface area contributed by atoms with E-state index in [1.165, 1.54) is 12.1 Å². The normalized spacial score (nSPS) is 25.4. The fourth-order valence-corrected chi connectivity index (χ4v) is 3.78. The summed E-state index contributed by atoms with van der Waals surface area (Å²) in [7, 11) is 0. The van der Waals surface area contributed by atoms with Gasteiger partial charge in [0.15, 0.2) is 10.8 Å². The van der Waals surface area contributed by atoms with Crippen molar-refractivity contribution in [1.82, 2.24) is 5.32 Å². The Bertz CT molecular complexity index is 813. The minimum Gasteiger partial charge on any atom is -0.467 e. The molecule has 0 saturated carbocycles. The Morgan fingerprint density at radius 1 is 1.26 bits per heavy atom. The Labute approximate surface area is 137 Å². The Kier molecular flexibility index (Phi) is 3.06. The number of thiocarbonyl (C=S) groups is 1. The van der Waals surface area contributed by atoms with Crippen LogP contribution >= 0.6 is 12.2 Å². The van der Waals surface area contributed by atoms with Gasteiger partial charge in [0, 0.05) is 18.1 Å². The zero-order valence-electron chi connectivity index (χ0n) is 12.3. The van der Waals surface area contributed by atoms with Crippen LogP contribution in [0, 0.1) is 11.6 Å². The number of nitrogens with one attached hydrogen (secondary N) is 1. The van der Waals surface area contributed by atoms with Gasteiger partial charge in [0.05, 0.1) is 11.7 Å². The van der Waals surface area contributed by atoms with Crippen LogP contribution in [0.1, 0.15) is 24.9 Å². The quantitative estimate of drug-likeness (QED) is 0.801. The van der Waals surface area contributed by atoms with Gasteiger partial charge in [-0.05, 0) is 37.3 Å². The van der Waals surface area contributed by atoms with Gasteiger partial charge < -0.3 is 10.1 Å². The molecule has 2 aromatic carbocycles. The van der Waals surface area contributed by atoms with E-state index in [1.807, 2.05) is 31.2 Å². The summed E-state index contributed by atoms with van der Waals surface area (Å²) < 4.78 is 33.6. The van der Waals surface area contributed by atoms with Crippen molar-refractivity contribution in [1.29, 1.82) is 0 Å². The van der Waals surface area contributed by atoms with Gasteiger partial charge in [-0.15, -0.1) is 0 Å². The monoisotopic (exact) mass is 332 g/mol. The first-order chi connectivity index (χ1) is 11.0. The Balaban J connectivity index is 1.83. The van der Waals surface area contributed by atoms with Gasteiger partial charge in [0.25, 0.3) is 0 Å². The molecular formula is C17H14F2N2OS. The van der Waals surface area contributed by atoms with Crippen LogP contribution < -0.4 is 15.0 Å². The number of benzene rings is 2. The van der Waals surface area contributed by atoms with Crippen LogP contribution in [0.25, 0.3) is 0 Å². The molecule has 2 aromatic rings. The topological polar surface area (TPSA) is 24.5 Å². The lowest BCUT2D eigenvalue weighted by molar-refractivity contribution is 0.0492. The van der Waals surface area contributed by atoms with Crippen molar-refractivity contribution in [2.45, 2.75) is 25.1 Å². The van der Waals surface area contributed by atoms with E-state index in [0.29, 0.717) is 11.5 Å². The van der Waals surface area contributed by atoms with Crippen molar-refractivity contribution in [3.05, 3.63) is 59.7 Å². The fourth-order valence-electron chi connectivity index (χ4n) is 3.35. The number of anilines is 1. The maximum absolute atomic E-state index is 14.3. The van der Waals surface area contributed by atoms with E-state index in [2.05, 4.69) is 5.32 Å². The molecule has 0 spiro atoms. The van der Waals surface area contributed by atoms with Crippen LogP contribution in [-0.2, 0) is 0 Å². The summed E-state index contributed by atoms with van der Waals surface area (Å²) in [5.41, 5.74) is 0.399. The number of hydrogen-bond donors (Lipinski definition) is 1. The molecular weight excluding hydrogens is 318 g/mol. The van der Waals surface area contributed by atoms with Crippen LogP contribution in [0.4, 0.5) is 14.5 Å². The molecule has 2 aliphatic heterocycles. The van der Waals surface area contributed by atoms with E-state index in [9.17, 15) is 8.78 Å². The van der Waals surface area contributed by atoms with Crippen molar-refractivity contribution in [2.24, 2.45) is 0 Å². The number of nitrogens with zero attached hydrogens (tertiary/aromatic N) is 1. The maximum Gasteiger partial charge on any atom is 0.188 e. The predicted molar refractivity (Wildman–Crippen MR) is 87.4 cm³/mol.